The van der Waals surface area contributed by atoms with Crippen molar-refractivity contribution in [2.75, 3.05) is 11.9 Å². The molecule has 0 saturated carbocycles. The van der Waals surface area contributed by atoms with E-state index in [0.29, 0.717) is 5.56 Å². The molecule has 1 unspecified atom stereocenters. The topological polar surface area (TPSA) is 65.9 Å². The number of nitriles is 1. The zero-order valence-corrected chi connectivity index (χ0v) is 11.7. The highest BCUT2D eigenvalue weighted by Crippen LogP contribution is 2.17. The molecule has 0 aliphatic heterocycles. The van der Waals surface area contributed by atoms with Crippen molar-refractivity contribution in [1.29, 1.82) is 5.26 Å². The molecular weight excluding hydrogens is 248 g/mol. The Hall–Kier alpha value is -2.38. The highest BCUT2D eigenvalue weighted by atomic mass is 15.1. The molecule has 0 amide bonds. The van der Waals surface area contributed by atoms with E-state index in [2.05, 4.69) is 16.0 Å². The summed E-state index contributed by atoms with van der Waals surface area (Å²) in [6, 6.07) is 13.7. The van der Waals surface area contributed by atoms with Crippen molar-refractivity contribution in [3.05, 3.63) is 59.4 Å². The van der Waals surface area contributed by atoms with E-state index in [1.807, 2.05) is 56.6 Å². The predicted molar refractivity (Wildman–Crippen MR) is 80.1 cm³/mol. The highest BCUT2D eigenvalue weighted by molar-refractivity contribution is 5.45. The summed E-state index contributed by atoms with van der Waals surface area (Å²) in [7, 11) is 2.00. The van der Waals surface area contributed by atoms with E-state index in [9.17, 15) is 0 Å². The Kier molecular flexibility index (Phi) is 4.34. The van der Waals surface area contributed by atoms with Crippen LogP contribution in [0, 0.1) is 11.3 Å². The van der Waals surface area contributed by atoms with E-state index in [1.165, 1.54) is 0 Å². The van der Waals surface area contributed by atoms with E-state index in [1.54, 1.807) is 0 Å². The lowest BCUT2D eigenvalue weighted by atomic mass is 10.1. The molecule has 1 aromatic carbocycles. The summed E-state index contributed by atoms with van der Waals surface area (Å²) in [4.78, 5) is 6.45. The number of pyridine rings is 1. The first-order valence-electron chi connectivity index (χ1n) is 6.52. The Morgan fingerprint density at radius 2 is 2.15 bits per heavy atom. The lowest BCUT2D eigenvalue weighted by Gasteiger charge is -2.19. The van der Waals surface area contributed by atoms with Gasteiger partial charge in [-0.3, -0.25) is 4.98 Å². The minimum absolute atomic E-state index is 0.0540. The molecule has 2 aromatic rings. The Balaban J connectivity index is 2.11. The lowest BCUT2D eigenvalue weighted by Crippen LogP contribution is -2.17. The number of benzene rings is 1. The van der Waals surface area contributed by atoms with E-state index < -0.39 is 0 Å². The van der Waals surface area contributed by atoms with Gasteiger partial charge >= 0.3 is 0 Å². The van der Waals surface area contributed by atoms with Gasteiger partial charge in [0.15, 0.2) is 0 Å². The third-order valence-corrected chi connectivity index (χ3v) is 3.15. The molecule has 0 fully saturated rings. The first-order valence-corrected chi connectivity index (χ1v) is 6.52. The van der Waals surface area contributed by atoms with Crippen molar-refractivity contribution >= 4 is 5.69 Å². The van der Waals surface area contributed by atoms with E-state index in [-0.39, 0.29) is 6.04 Å². The monoisotopic (exact) mass is 266 g/mol. The number of nitrogens with two attached hydrogens (primary N) is 1. The molecule has 0 aliphatic rings. The van der Waals surface area contributed by atoms with Crippen LogP contribution < -0.4 is 10.6 Å². The summed E-state index contributed by atoms with van der Waals surface area (Å²) in [6.07, 6.45) is 1.83. The van der Waals surface area contributed by atoms with Gasteiger partial charge in [-0.1, -0.05) is 12.1 Å². The average Bonchev–Trinajstić information content (AvgIpc) is 2.47. The van der Waals surface area contributed by atoms with Crippen molar-refractivity contribution in [2.45, 2.75) is 19.5 Å². The molecule has 1 heterocycles. The predicted octanol–water partition coefficient (Wildman–Crippen LogP) is 2.61. The summed E-state index contributed by atoms with van der Waals surface area (Å²) < 4.78 is 0. The maximum absolute atomic E-state index is 8.91. The van der Waals surface area contributed by atoms with Crippen LogP contribution in [0.3, 0.4) is 0 Å². The molecule has 0 aliphatic carbocycles. The van der Waals surface area contributed by atoms with E-state index in [4.69, 9.17) is 11.0 Å². The quantitative estimate of drug-likeness (QED) is 0.923. The Labute approximate surface area is 119 Å². The van der Waals surface area contributed by atoms with Crippen molar-refractivity contribution in [3.8, 4) is 6.07 Å². The second-order valence-electron chi connectivity index (χ2n) is 4.90. The zero-order valence-electron chi connectivity index (χ0n) is 11.7. The third kappa shape index (κ3) is 3.34. The molecule has 4 heteroatoms. The Morgan fingerprint density at radius 1 is 1.35 bits per heavy atom. The van der Waals surface area contributed by atoms with Gasteiger partial charge in [0.25, 0.3) is 0 Å². The van der Waals surface area contributed by atoms with Gasteiger partial charge in [-0.15, -0.1) is 0 Å². The van der Waals surface area contributed by atoms with Crippen LogP contribution in [0.1, 0.15) is 29.8 Å². The fourth-order valence-corrected chi connectivity index (χ4v) is 2.00. The van der Waals surface area contributed by atoms with E-state index >= 15 is 0 Å². The van der Waals surface area contributed by atoms with Crippen LogP contribution in [-0.4, -0.2) is 12.0 Å². The summed E-state index contributed by atoms with van der Waals surface area (Å²) in [6.45, 7) is 2.65. The van der Waals surface area contributed by atoms with Crippen LogP contribution in [0.2, 0.25) is 0 Å². The van der Waals surface area contributed by atoms with Gasteiger partial charge in [-0.05, 0) is 36.8 Å². The maximum Gasteiger partial charge on any atom is 0.0991 e. The van der Waals surface area contributed by atoms with Crippen molar-refractivity contribution in [1.82, 2.24) is 4.98 Å². The normalized spacial score (nSPS) is 11.7. The maximum atomic E-state index is 8.91. The first kappa shape index (κ1) is 14.0. The SMILES string of the molecule is CC(N)c1ccc(N(C)Cc2cccc(C#N)c2)cn1. The molecule has 4 nitrogen and oxygen atoms in total. The van der Waals surface area contributed by atoms with Crippen molar-refractivity contribution in [3.63, 3.8) is 0 Å². The van der Waals surface area contributed by atoms with Gasteiger partial charge in [-0.2, -0.15) is 5.26 Å². The second kappa shape index (κ2) is 6.18. The smallest absolute Gasteiger partial charge is 0.0991 e. The molecule has 102 valence electrons. The fourth-order valence-electron chi connectivity index (χ4n) is 2.00. The van der Waals surface area contributed by atoms with Crippen LogP contribution in [0.5, 0.6) is 0 Å². The molecule has 0 saturated heterocycles. The number of hydrogen-bond donors (Lipinski definition) is 1. The second-order valence-corrected chi connectivity index (χ2v) is 4.90. The van der Waals surface area contributed by atoms with Crippen LogP contribution >= 0.6 is 0 Å². The molecule has 0 spiro atoms. The van der Waals surface area contributed by atoms with Crippen LogP contribution in [0.25, 0.3) is 0 Å². The van der Waals surface area contributed by atoms with Gasteiger partial charge in [0.2, 0.25) is 0 Å². The molecular formula is C16H18N4. The molecule has 20 heavy (non-hydrogen) atoms. The minimum Gasteiger partial charge on any atom is -0.369 e. The first-order chi connectivity index (χ1) is 9.60. The van der Waals surface area contributed by atoms with Gasteiger partial charge in [0, 0.05) is 19.6 Å². The summed E-state index contributed by atoms with van der Waals surface area (Å²) in [5.41, 5.74) is 9.48. The fraction of sp³-hybridized carbons (Fsp3) is 0.250. The number of anilines is 1. The molecule has 1 aromatic heterocycles. The van der Waals surface area contributed by atoms with Crippen LogP contribution in [-0.2, 0) is 6.54 Å². The molecule has 0 radical (unpaired) electrons. The van der Waals surface area contributed by atoms with E-state index in [0.717, 1.165) is 23.5 Å². The molecule has 2 rings (SSSR count). The Morgan fingerprint density at radius 3 is 2.75 bits per heavy atom. The largest absolute Gasteiger partial charge is 0.369 e. The van der Waals surface area contributed by atoms with Crippen LogP contribution in [0.15, 0.2) is 42.6 Å². The number of nitrogens with zero attached hydrogens (tertiary/aromatic N) is 3. The summed E-state index contributed by atoms with van der Waals surface area (Å²) in [5.74, 6) is 0. The average molecular weight is 266 g/mol. The minimum atomic E-state index is -0.0540. The summed E-state index contributed by atoms with van der Waals surface area (Å²) >= 11 is 0. The Bertz CT molecular complexity index is 611. The number of rotatable bonds is 4. The van der Waals surface area contributed by atoms with Gasteiger partial charge in [0.05, 0.1) is 29.2 Å². The highest BCUT2D eigenvalue weighted by Gasteiger charge is 2.05. The number of aromatic nitrogens is 1. The molecule has 0 bridgehead atoms. The molecule has 2 N–H and O–H groups in total. The van der Waals surface area contributed by atoms with Crippen molar-refractivity contribution < 1.29 is 0 Å². The van der Waals surface area contributed by atoms with Gasteiger partial charge in [0.1, 0.15) is 0 Å². The number of hydrogen-bond acceptors (Lipinski definition) is 4. The third-order valence-electron chi connectivity index (χ3n) is 3.15. The van der Waals surface area contributed by atoms with Crippen LogP contribution in [0.4, 0.5) is 5.69 Å². The lowest BCUT2D eigenvalue weighted by molar-refractivity contribution is 0.779. The van der Waals surface area contributed by atoms with Crippen molar-refractivity contribution in [2.24, 2.45) is 5.73 Å². The standard InChI is InChI=1S/C16H18N4/c1-12(18)16-7-6-15(10-19-16)20(2)11-14-5-3-4-13(8-14)9-17/h3-8,10,12H,11,18H2,1-2H3. The molecule has 1 atom stereocenters. The van der Waals surface area contributed by atoms with Gasteiger partial charge in [-0.25, -0.2) is 0 Å². The van der Waals surface area contributed by atoms with Gasteiger partial charge < -0.3 is 10.6 Å². The summed E-state index contributed by atoms with van der Waals surface area (Å²) in [5, 5.41) is 8.91. The zero-order chi connectivity index (χ0) is 14.5.